The van der Waals surface area contributed by atoms with Gasteiger partial charge in [0.25, 0.3) is 0 Å². The highest BCUT2D eigenvalue weighted by atomic mass is 79.9. The molecule has 0 unspecified atom stereocenters. The fourth-order valence-corrected chi connectivity index (χ4v) is 2.10. The third kappa shape index (κ3) is 4.44. The number of nitrogens with one attached hydrogen (secondary N) is 1. The number of hydrogen-bond acceptors (Lipinski definition) is 4. The molecule has 0 aliphatic rings. The lowest BCUT2D eigenvalue weighted by molar-refractivity contribution is 0.448. The molecule has 0 amide bonds. The first kappa shape index (κ1) is 15.2. The van der Waals surface area contributed by atoms with E-state index < -0.39 is 0 Å². The van der Waals surface area contributed by atoms with Gasteiger partial charge in [-0.1, -0.05) is 25.4 Å². The predicted octanol–water partition coefficient (Wildman–Crippen LogP) is 4.18. The van der Waals surface area contributed by atoms with Crippen molar-refractivity contribution in [3.8, 4) is 11.6 Å². The zero-order valence-corrected chi connectivity index (χ0v) is 13.6. The molecule has 0 bridgehead atoms. The summed E-state index contributed by atoms with van der Waals surface area (Å²) in [5.41, 5.74) is 0.966. The van der Waals surface area contributed by atoms with E-state index in [0.717, 1.165) is 10.0 Å². The molecule has 2 rings (SSSR count). The molecule has 0 saturated heterocycles. The molecule has 0 saturated carbocycles. The molecule has 106 valence electrons. The van der Waals surface area contributed by atoms with Crippen molar-refractivity contribution in [2.45, 2.75) is 26.4 Å². The summed E-state index contributed by atoms with van der Waals surface area (Å²) in [5, 5.41) is 3.87. The summed E-state index contributed by atoms with van der Waals surface area (Å²) >= 11 is 9.32. The molecule has 0 radical (unpaired) electrons. The Morgan fingerprint density at radius 2 is 2.10 bits per heavy atom. The monoisotopic (exact) mass is 355 g/mol. The maximum atomic E-state index is 5.90. The summed E-state index contributed by atoms with van der Waals surface area (Å²) in [4.78, 5) is 8.29. The molecular weight excluding hydrogens is 342 g/mol. The Morgan fingerprint density at radius 3 is 2.80 bits per heavy atom. The minimum atomic E-state index is 0.384. The van der Waals surface area contributed by atoms with Crippen molar-refractivity contribution in [3.05, 3.63) is 45.8 Å². The van der Waals surface area contributed by atoms with Gasteiger partial charge in [0.15, 0.2) is 0 Å². The minimum Gasteiger partial charge on any atom is -0.437 e. The van der Waals surface area contributed by atoms with Crippen LogP contribution in [0.15, 0.2) is 35.2 Å². The molecule has 0 aromatic carbocycles. The zero-order valence-electron chi connectivity index (χ0n) is 11.2. The van der Waals surface area contributed by atoms with E-state index in [2.05, 4.69) is 45.1 Å². The van der Waals surface area contributed by atoms with Gasteiger partial charge in [0.05, 0.1) is 11.2 Å². The van der Waals surface area contributed by atoms with Crippen molar-refractivity contribution < 1.29 is 4.74 Å². The lowest BCUT2D eigenvalue weighted by Gasteiger charge is -2.13. The van der Waals surface area contributed by atoms with E-state index in [1.54, 1.807) is 24.7 Å². The van der Waals surface area contributed by atoms with Crippen molar-refractivity contribution in [1.82, 2.24) is 15.3 Å². The number of aromatic nitrogens is 2. The zero-order chi connectivity index (χ0) is 14.5. The van der Waals surface area contributed by atoms with Crippen molar-refractivity contribution in [2.75, 3.05) is 0 Å². The van der Waals surface area contributed by atoms with Gasteiger partial charge in [0, 0.05) is 41.1 Å². The molecule has 6 heteroatoms. The van der Waals surface area contributed by atoms with Crippen LogP contribution >= 0.6 is 27.5 Å². The second kappa shape index (κ2) is 7.02. The van der Waals surface area contributed by atoms with E-state index in [0.29, 0.717) is 29.2 Å². The summed E-state index contributed by atoms with van der Waals surface area (Å²) < 4.78 is 6.67. The highest BCUT2D eigenvalue weighted by Gasteiger charge is 2.09. The van der Waals surface area contributed by atoms with Gasteiger partial charge in [-0.2, -0.15) is 0 Å². The van der Waals surface area contributed by atoms with Gasteiger partial charge >= 0.3 is 0 Å². The standard InChI is InChI=1S/C14H15BrClN3O/c1-9(2)18-5-10-3-11(15)6-19-14(10)20-13-4-12(16)7-17-8-13/h3-4,6-9,18H,5H2,1-2H3. The van der Waals surface area contributed by atoms with Gasteiger partial charge in [-0.25, -0.2) is 4.98 Å². The Bertz CT molecular complexity index is 592. The number of pyridine rings is 2. The third-order valence-corrected chi connectivity index (χ3v) is 3.13. The summed E-state index contributed by atoms with van der Waals surface area (Å²) in [6.45, 7) is 4.85. The highest BCUT2D eigenvalue weighted by Crippen LogP contribution is 2.26. The largest absolute Gasteiger partial charge is 0.437 e. The Balaban J connectivity index is 2.21. The smallest absolute Gasteiger partial charge is 0.223 e. The second-order valence-corrected chi connectivity index (χ2v) is 5.95. The molecule has 20 heavy (non-hydrogen) atoms. The van der Waals surface area contributed by atoms with E-state index in [9.17, 15) is 0 Å². The maximum Gasteiger partial charge on any atom is 0.223 e. The quantitative estimate of drug-likeness (QED) is 0.873. The lowest BCUT2D eigenvalue weighted by atomic mass is 10.2. The van der Waals surface area contributed by atoms with Crippen LogP contribution in [0.3, 0.4) is 0 Å². The van der Waals surface area contributed by atoms with Gasteiger partial charge in [-0.05, 0) is 22.0 Å². The van der Waals surface area contributed by atoms with E-state index >= 15 is 0 Å². The highest BCUT2D eigenvalue weighted by molar-refractivity contribution is 9.10. The SMILES string of the molecule is CC(C)NCc1cc(Br)cnc1Oc1cncc(Cl)c1. The molecule has 0 atom stereocenters. The fourth-order valence-electron chi connectivity index (χ4n) is 1.56. The van der Waals surface area contributed by atoms with Crippen molar-refractivity contribution >= 4 is 27.5 Å². The molecule has 0 aliphatic carbocycles. The minimum absolute atomic E-state index is 0.384. The molecule has 2 aromatic rings. The van der Waals surface area contributed by atoms with E-state index in [1.807, 2.05) is 6.07 Å². The lowest BCUT2D eigenvalue weighted by Crippen LogP contribution is -2.22. The summed E-state index contributed by atoms with van der Waals surface area (Å²) in [6.07, 6.45) is 4.87. The molecule has 2 aromatic heterocycles. The normalized spacial score (nSPS) is 10.8. The number of nitrogens with zero attached hydrogens (tertiary/aromatic N) is 2. The predicted molar refractivity (Wildman–Crippen MR) is 83.2 cm³/mol. The molecule has 0 spiro atoms. The second-order valence-electron chi connectivity index (χ2n) is 4.59. The molecule has 2 heterocycles. The number of ether oxygens (including phenoxy) is 1. The van der Waals surface area contributed by atoms with Crippen LogP contribution in [0.1, 0.15) is 19.4 Å². The van der Waals surface area contributed by atoms with Gasteiger partial charge in [0.2, 0.25) is 5.88 Å². The molecule has 4 nitrogen and oxygen atoms in total. The van der Waals surface area contributed by atoms with Crippen LogP contribution in [0, 0.1) is 0 Å². The maximum absolute atomic E-state index is 5.90. The topological polar surface area (TPSA) is 47.0 Å². The van der Waals surface area contributed by atoms with E-state index in [1.165, 1.54) is 0 Å². The Hall–Kier alpha value is -1.17. The summed E-state index contributed by atoms with van der Waals surface area (Å²) in [6, 6.07) is 4.07. The van der Waals surface area contributed by atoms with Crippen LogP contribution in [0.2, 0.25) is 5.02 Å². The van der Waals surface area contributed by atoms with Crippen LogP contribution < -0.4 is 10.1 Å². The average Bonchev–Trinajstić information content (AvgIpc) is 2.39. The Kier molecular flexibility index (Phi) is 5.34. The summed E-state index contributed by atoms with van der Waals surface area (Å²) in [5.74, 6) is 1.11. The number of rotatable bonds is 5. The van der Waals surface area contributed by atoms with Crippen LogP contribution in [0.5, 0.6) is 11.6 Å². The van der Waals surface area contributed by atoms with Crippen molar-refractivity contribution in [2.24, 2.45) is 0 Å². The first-order valence-corrected chi connectivity index (χ1v) is 7.38. The van der Waals surface area contributed by atoms with Crippen LogP contribution in [-0.2, 0) is 6.54 Å². The van der Waals surface area contributed by atoms with Gasteiger partial charge in [0.1, 0.15) is 5.75 Å². The number of halogens is 2. The molecular formula is C14H15BrClN3O. The number of hydrogen-bond donors (Lipinski definition) is 1. The fraction of sp³-hybridized carbons (Fsp3) is 0.286. The van der Waals surface area contributed by atoms with Crippen LogP contribution in [-0.4, -0.2) is 16.0 Å². The third-order valence-electron chi connectivity index (χ3n) is 2.49. The molecule has 1 N–H and O–H groups in total. The van der Waals surface area contributed by atoms with Gasteiger partial charge in [-0.15, -0.1) is 0 Å². The first-order chi connectivity index (χ1) is 9.54. The van der Waals surface area contributed by atoms with Crippen LogP contribution in [0.4, 0.5) is 0 Å². The molecule has 0 fully saturated rings. The Labute approximate surface area is 131 Å². The molecule has 0 aliphatic heterocycles. The van der Waals surface area contributed by atoms with Gasteiger partial charge in [-0.3, -0.25) is 4.98 Å². The average molecular weight is 357 g/mol. The Morgan fingerprint density at radius 1 is 1.30 bits per heavy atom. The van der Waals surface area contributed by atoms with Crippen LogP contribution in [0.25, 0.3) is 0 Å². The van der Waals surface area contributed by atoms with E-state index in [-0.39, 0.29) is 0 Å². The van der Waals surface area contributed by atoms with Crippen molar-refractivity contribution in [1.29, 1.82) is 0 Å². The first-order valence-electron chi connectivity index (χ1n) is 6.21. The van der Waals surface area contributed by atoms with E-state index in [4.69, 9.17) is 16.3 Å². The summed E-state index contributed by atoms with van der Waals surface area (Å²) in [7, 11) is 0. The van der Waals surface area contributed by atoms with Gasteiger partial charge < -0.3 is 10.1 Å². The van der Waals surface area contributed by atoms with Crippen molar-refractivity contribution in [3.63, 3.8) is 0 Å².